The summed E-state index contributed by atoms with van der Waals surface area (Å²) in [5.41, 5.74) is 2.10. The highest BCUT2D eigenvalue weighted by atomic mass is 15.1. The summed E-state index contributed by atoms with van der Waals surface area (Å²) < 4.78 is 0. The zero-order valence-corrected chi connectivity index (χ0v) is 8.83. The fraction of sp³-hybridized carbons (Fsp3) is 0.333. The van der Waals surface area contributed by atoms with Gasteiger partial charge in [-0.2, -0.15) is 0 Å². The van der Waals surface area contributed by atoms with Crippen LogP contribution in [0.5, 0.6) is 0 Å². The third-order valence-corrected chi connectivity index (χ3v) is 1.55. The first-order valence-electron chi connectivity index (χ1n) is 4.48. The van der Waals surface area contributed by atoms with E-state index in [0.717, 1.165) is 5.56 Å². The van der Waals surface area contributed by atoms with Crippen molar-refractivity contribution < 1.29 is 0 Å². The Kier molecular flexibility index (Phi) is 5.47. The first-order valence-corrected chi connectivity index (χ1v) is 4.48. The van der Waals surface area contributed by atoms with Gasteiger partial charge in [0.1, 0.15) is 0 Å². The van der Waals surface area contributed by atoms with E-state index in [9.17, 15) is 0 Å². The van der Waals surface area contributed by atoms with Gasteiger partial charge in [-0.1, -0.05) is 19.8 Å². The molecule has 0 amide bonds. The molecule has 0 aliphatic heterocycles. The molecule has 0 unspecified atom stereocenters. The minimum atomic E-state index is 0.926. The van der Waals surface area contributed by atoms with Crippen LogP contribution in [0.1, 0.15) is 19.4 Å². The molecule has 13 heavy (non-hydrogen) atoms. The number of terminal acetylenes is 1. The van der Waals surface area contributed by atoms with Gasteiger partial charge >= 0.3 is 0 Å². The number of anilines is 1. The fourth-order valence-electron chi connectivity index (χ4n) is 0.856. The van der Waals surface area contributed by atoms with Crippen molar-refractivity contribution in [1.29, 1.82) is 0 Å². The molecule has 0 N–H and O–H groups in total. The van der Waals surface area contributed by atoms with Crippen LogP contribution in [0.2, 0.25) is 0 Å². The molecule has 1 aromatic carbocycles. The molecule has 0 fully saturated rings. The molecule has 1 heteroatoms. The van der Waals surface area contributed by atoms with Gasteiger partial charge in [0, 0.05) is 25.3 Å². The summed E-state index contributed by atoms with van der Waals surface area (Å²) >= 11 is 0. The minimum absolute atomic E-state index is 0.926. The standard InChI is InChI=1S/C10H11N.C2H6/c1-4-9-5-7-10(8-6-9)11(2)3;1-2/h1,5-8H,2-3H3;1-2H3. The quantitative estimate of drug-likeness (QED) is 0.593. The maximum absolute atomic E-state index is 5.21. The maximum atomic E-state index is 5.21. The predicted molar refractivity (Wildman–Crippen MR) is 60.1 cm³/mol. The lowest BCUT2D eigenvalue weighted by Gasteiger charge is -2.11. The minimum Gasteiger partial charge on any atom is -0.378 e. The summed E-state index contributed by atoms with van der Waals surface area (Å²) in [5, 5.41) is 0. The van der Waals surface area contributed by atoms with E-state index in [0.29, 0.717) is 0 Å². The van der Waals surface area contributed by atoms with E-state index in [1.165, 1.54) is 5.69 Å². The smallest absolute Gasteiger partial charge is 0.0361 e. The summed E-state index contributed by atoms with van der Waals surface area (Å²) in [4.78, 5) is 2.04. The third kappa shape index (κ3) is 3.66. The van der Waals surface area contributed by atoms with Gasteiger partial charge < -0.3 is 4.90 Å². The molecular formula is C12H17N. The molecule has 0 saturated heterocycles. The van der Waals surface area contributed by atoms with Crippen molar-refractivity contribution in [2.75, 3.05) is 19.0 Å². The summed E-state index contributed by atoms with van der Waals surface area (Å²) in [6.45, 7) is 4.00. The fourth-order valence-corrected chi connectivity index (χ4v) is 0.856. The predicted octanol–water partition coefficient (Wildman–Crippen LogP) is 2.76. The van der Waals surface area contributed by atoms with Crippen LogP contribution in [0.4, 0.5) is 5.69 Å². The largest absolute Gasteiger partial charge is 0.378 e. The molecule has 0 aromatic heterocycles. The van der Waals surface area contributed by atoms with Gasteiger partial charge in [0.25, 0.3) is 0 Å². The van der Waals surface area contributed by atoms with Crippen molar-refractivity contribution >= 4 is 5.69 Å². The van der Waals surface area contributed by atoms with E-state index in [-0.39, 0.29) is 0 Å². The first-order chi connectivity index (χ1) is 6.24. The van der Waals surface area contributed by atoms with Gasteiger partial charge in [-0.05, 0) is 24.3 Å². The van der Waals surface area contributed by atoms with Crippen molar-refractivity contribution in [2.24, 2.45) is 0 Å². The van der Waals surface area contributed by atoms with Crippen LogP contribution in [0.3, 0.4) is 0 Å². The number of benzene rings is 1. The highest BCUT2D eigenvalue weighted by Gasteiger charge is 1.92. The van der Waals surface area contributed by atoms with Crippen LogP contribution < -0.4 is 4.90 Å². The van der Waals surface area contributed by atoms with Crippen LogP contribution in [-0.4, -0.2) is 14.1 Å². The maximum Gasteiger partial charge on any atom is 0.0361 e. The van der Waals surface area contributed by atoms with Gasteiger partial charge in [0.05, 0.1) is 0 Å². The van der Waals surface area contributed by atoms with Gasteiger partial charge in [0.2, 0.25) is 0 Å². The molecule has 1 aromatic rings. The summed E-state index contributed by atoms with van der Waals surface area (Å²) in [7, 11) is 4.01. The van der Waals surface area contributed by atoms with Crippen LogP contribution in [0.25, 0.3) is 0 Å². The molecule has 0 atom stereocenters. The molecule has 70 valence electrons. The van der Waals surface area contributed by atoms with E-state index >= 15 is 0 Å². The van der Waals surface area contributed by atoms with E-state index < -0.39 is 0 Å². The van der Waals surface area contributed by atoms with Crippen molar-refractivity contribution in [3.05, 3.63) is 29.8 Å². The molecule has 0 radical (unpaired) electrons. The van der Waals surface area contributed by atoms with E-state index in [1.54, 1.807) is 0 Å². The van der Waals surface area contributed by atoms with Crippen molar-refractivity contribution in [2.45, 2.75) is 13.8 Å². The van der Waals surface area contributed by atoms with E-state index in [2.05, 4.69) is 5.92 Å². The Morgan fingerprint density at radius 2 is 1.54 bits per heavy atom. The second-order valence-corrected chi connectivity index (χ2v) is 2.59. The monoisotopic (exact) mass is 175 g/mol. The van der Waals surface area contributed by atoms with Crippen molar-refractivity contribution in [3.8, 4) is 12.3 Å². The summed E-state index contributed by atoms with van der Waals surface area (Å²) in [5.74, 6) is 2.57. The molecule has 0 spiro atoms. The van der Waals surface area contributed by atoms with Gasteiger partial charge in [-0.3, -0.25) is 0 Å². The first kappa shape index (κ1) is 11.6. The lowest BCUT2D eigenvalue weighted by atomic mass is 10.2. The van der Waals surface area contributed by atoms with Crippen LogP contribution in [0, 0.1) is 12.3 Å². The Hall–Kier alpha value is -1.42. The number of hydrogen-bond donors (Lipinski definition) is 0. The number of nitrogens with zero attached hydrogens (tertiary/aromatic N) is 1. The zero-order chi connectivity index (χ0) is 10.3. The van der Waals surface area contributed by atoms with E-state index in [1.807, 2.05) is 57.1 Å². The Balaban J connectivity index is 0.000000671. The van der Waals surface area contributed by atoms with Gasteiger partial charge in [0.15, 0.2) is 0 Å². The molecule has 0 heterocycles. The van der Waals surface area contributed by atoms with Crippen LogP contribution in [0.15, 0.2) is 24.3 Å². The molecular weight excluding hydrogens is 158 g/mol. The van der Waals surface area contributed by atoms with Crippen molar-refractivity contribution in [3.63, 3.8) is 0 Å². The average molecular weight is 175 g/mol. The molecule has 0 aliphatic carbocycles. The number of rotatable bonds is 1. The lowest BCUT2D eigenvalue weighted by molar-refractivity contribution is 1.13. The Morgan fingerprint density at radius 3 is 1.85 bits per heavy atom. The zero-order valence-electron chi connectivity index (χ0n) is 8.83. The second-order valence-electron chi connectivity index (χ2n) is 2.59. The normalized spacial score (nSPS) is 7.92. The van der Waals surface area contributed by atoms with Crippen molar-refractivity contribution in [1.82, 2.24) is 0 Å². The highest BCUT2D eigenvalue weighted by Crippen LogP contribution is 2.10. The summed E-state index contributed by atoms with van der Waals surface area (Å²) in [6, 6.07) is 7.90. The molecule has 1 rings (SSSR count). The molecule has 0 aliphatic rings. The second kappa shape index (κ2) is 6.14. The molecule has 0 saturated carbocycles. The SMILES string of the molecule is C#Cc1ccc(N(C)C)cc1.CC. The third-order valence-electron chi connectivity index (χ3n) is 1.55. The molecule has 1 nitrogen and oxygen atoms in total. The highest BCUT2D eigenvalue weighted by molar-refractivity contribution is 5.48. The van der Waals surface area contributed by atoms with Gasteiger partial charge in [-0.15, -0.1) is 6.42 Å². The number of hydrogen-bond acceptors (Lipinski definition) is 1. The Bertz CT molecular complexity index is 264. The lowest BCUT2D eigenvalue weighted by Crippen LogP contribution is -2.07. The summed E-state index contributed by atoms with van der Waals surface area (Å²) in [6.07, 6.45) is 5.21. The van der Waals surface area contributed by atoms with Crippen LogP contribution in [-0.2, 0) is 0 Å². The Morgan fingerprint density at radius 1 is 1.08 bits per heavy atom. The van der Waals surface area contributed by atoms with E-state index in [4.69, 9.17) is 6.42 Å². The average Bonchev–Trinajstić information content (AvgIpc) is 2.21. The topological polar surface area (TPSA) is 3.24 Å². The van der Waals surface area contributed by atoms with Crippen LogP contribution >= 0.6 is 0 Å². The van der Waals surface area contributed by atoms with Gasteiger partial charge in [-0.25, -0.2) is 0 Å². The Labute approximate surface area is 81.4 Å². The molecule has 0 bridgehead atoms.